The van der Waals surface area contributed by atoms with Gasteiger partial charge in [0.2, 0.25) is 5.91 Å². The Hall–Kier alpha value is -1.10. The van der Waals surface area contributed by atoms with Crippen molar-refractivity contribution in [2.24, 2.45) is 17.8 Å². The number of amides is 1. The second kappa shape index (κ2) is 7.62. The van der Waals surface area contributed by atoms with Crippen LogP contribution in [0.4, 0.5) is 0 Å². The molecule has 1 amide bonds. The van der Waals surface area contributed by atoms with E-state index < -0.39 is 11.9 Å². The van der Waals surface area contributed by atoms with Crippen LogP contribution in [0.15, 0.2) is 0 Å². The van der Waals surface area contributed by atoms with Crippen molar-refractivity contribution in [2.75, 3.05) is 19.6 Å². The van der Waals surface area contributed by atoms with Crippen molar-refractivity contribution in [1.29, 1.82) is 0 Å². The van der Waals surface area contributed by atoms with Crippen molar-refractivity contribution >= 4 is 11.9 Å². The summed E-state index contributed by atoms with van der Waals surface area (Å²) >= 11 is 0. The lowest BCUT2D eigenvalue weighted by Crippen LogP contribution is -2.53. The average molecular weight is 284 g/mol. The molecule has 1 aliphatic rings. The van der Waals surface area contributed by atoms with Crippen LogP contribution >= 0.6 is 0 Å². The van der Waals surface area contributed by atoms with Gasteiger partial charge >= 0.3 is 5.97 Å². The van der Waals surface area contributed by atoms with E-state index >= 15 is 0 Å². The topological polar surface area (TPSA) is 69.6 Å². The van der Waals surface area contributed by atoms with Crippen molar-refractivity contribution in [3.05, 3.63) is 0 Å². The summed E-state index contributed by atoms with van der Waals surface area (Å²) in [6, 6.07) is 0.0892. The maximum Gasteiger partial charge on any atom is 0.308 e. The summed E-state index contributed by atoms with van der Waals surface area (Å²) in [5.41, 5.74) is 0. The molecule has 2 unspecified atom stereocenters. The second-order valence-electron chi connectivity index (χ2n) is 6.50. The van der Waals surface area contributed by atoms with Gasteiger partial charge in [0.1, 0.15) is 0 Å². The number of carboxylic acids is 1. The molecule has 0 aromatic heterocycles. The Labute approximate surface area is 121 Å². The second-order valence-corrected chi connectivity index (χ2v) is 6.50. The largest absolute Gasteiger partial charge is 0.481 e. The summed E-state index contributed by atoms with van der Waals surface area (Å²) in [5.74, 6) is -0.676. The maximum absolute atomic E-state index is 12.1. The molecule has 0 bridgehead atoms. The van der Waals surface area contributed by atoms with Gasteiger partial charge in [-0.1, -0.05) is 27.7 Å². The standard InChI is InChI=1S/C15H28N2O3/c1-10(2)5-6-16-13-7-12(15(19)20)8-17(9-13)14(18)11(3)4/h10-13,16H,5-9H2,1-4H3,(H,19,20). The first-order chi connectivity index (χ1) is 9.31. The Morgan fingerprint density at radius 2 is 1.90 bits per heavy atom. The van der Waals surface area contributed by atoms with Crippen LogP contribution < -0.4 is 5.32 Å². The third-order valence-electron chi connectivity index (χ3n) is 3.76. The van der Waals surface area contributed by atoms with E-state index in [0.717, 1.165) is 13.0 Å². The number of aliphatic carboxylic acids is 1. The van der Waals surface area contributed by atoms with Crippen molar-refractivity contribution in [1.82, 2.24) is 10.2 Å². The number of carbonyl (C=O) groups excluding carboxylic acids is 1. The molecule has 1 heterocycles. The van der Waals surface area contributed by atoms with Gasteiger partial charge in [0.25, 0.3) is 0 Å². The summed E-state index contributed by atoms with van der Waals surface area (Å²) in [6.45, 7) is 9.88. The lowest BCUT2D eigenvalue weighted by atomic mass is 9.93. The normalized spacial score (nSPS) is 23.4. The number of hydrogen-bond acceptors (Lipinski definition) is 3. The van der Waals surface area contributed by atoms with Gasteiger partial charge in [-0.3, -0.25) is 9.59 Å². The zero-order valence-electron chi connectivity index (χ0n) is 13.1. The van der Waals surface area contributed by atoms with Crippen molar-refractivity contribution in [3.63, 3.8) is 0 Å². The van der Waals surface area contributed by atoms with Crippen LogP contribution in [0.5, 0.6) is 0 Å². The van der Waals surface area contributed by atoms with E-state index in [-0.39, 0.29) is 17.9 Å². The lowest BCUT2D eigenvalue weighted by molar-refractivity contribution is -0.147. The Morgan fingerprint density at radius 3 is 2.40 bits per heavy atom. The van der Waals surface area contributed by atoms with E-state index in [1.807, 2.05) is 13.8 Å². The molecule has 5 nitrogen and oxygen atoms in total. The predicted octanol–water partition coefficient (Wildman–Crippen LogP) is 1.58. The maximum atomic E-state index is 12.1. The van der Waals surface area contributed by atoms with Crippen LogP contribution in [0, 0.1) is 17.8 Å². The monoisotopic (exact) mass is 284 g/mol. The number of nitrogens with one attached hydrogen (secondary N) is 1. The molecule has 1 saturated heterocycles. The van der Waals surface area contributed by atoms with Gasteiger partial charge in [-0.25, -0.2) is 0 Å². The van der Waals surface area contributed by atoms with E-state index in [4.69, 9.17) is 0 Å². The third-order valence-corrected chi connectivity index (χ3v) is 3.76. The molecule has 0 saturated carbocycles. The predicted molar refractivity (Wildman–Crippen MR) is 78.4 cm³/mol. The summed E-state index contributed by atoms with van der Waals surface area (Å²) in [4.78, 5) is 25.1. The van der Waals surface area contributed by atoms with E-state index in [1.165, 1.54) is 0 Å². The molecule has 0 aromatic rings. The molecule has 116 valence electrons. The molecule has 2 atom stereocenters. The van der Waals surface area contributed by atoms with E-state index in [1.54, 1.807) is 4.90 Å². The highest BCUT2D eigenvalue weighted by Crippen LogP contribution is 2.19. The van der Waals surface area contributed by atoms with Gasteiger partial charge in [-0.05, 0) is 25.3 Å². The SMILES string of the molecule is CC(C)CCNC1CC(C(=O)O)CN(C(=O)C(C)C)C1. The van der Waals surface area contributed by atoms with Crippen molar-refractivity contribution < 1.29 is 14.7 Å². The Morgan fingerprint density at radius 1 is 1.25 bits per heavy atom. The van der Waals surface area contributed by atoms with Crippen LogP contribution in [0.1, 0.15) is 40.5 Å². The van der Waals surface area contributed by atoms with Crippen molar-refractivity contribution in [2.45, 2.75) is 46.6 Å². The average Bonchev–Trinajstić information content (AvgIpc) is 2.36. The molecule has 0 aliphatic carbocycles. The quantitative estimate of drug-likeness (QED) is 0.777. The number of carboxylic acid groups (broad SMARTS) is 1. The van der Waals surface area contributed by atoms with Gasteiger partial charge in [-0.2, -0.15) is 0 Å². The van der Waals surface area contributed by atoms with Crippen LogP contribution in [-0.2, 0) is 9.59 Å². The first-order valence-corrected chi connectivity index (χ1v) is 7.56. The Bertz CT molecular complexity index is 342. The highest BCUT2D eigenvalue weighted by atomic mass is 16.4. The van der Waals surface area contributed by atoms with Crippen LogP contribution in [-0.4, -0.2) is 47.6 Å². The summed E-state index contributed by atoms with van der Waals surface area (Å²) in [6.07, 6.45) is 1.67. The molecule has 0 radical (unpaired) electrons. The number of rotatable bonds is 6. The van der Waals surface area contributed by atoms with Gasteiger partial charge in [0.15, 0.2) is 0 Å². The van der Waals surface area contributed by atoms with E-state index in [2.05, 4.69) is 19.2 Å². The number of nitrogens with zero attached hydrogens (tertiary/aromatic N) is 1. The van der Waals surface area contributed by atoms with Crippen LogP contribution in [0.3, 0.4) is 0 Å². The molecule has 1 rings (SSSR count). The molecule has 5 heteroatoms. The van der Waals surface area contributed by atoms with Gasteiger partial charge in [-0.15, -0.1) is 0 Å². The van der Waals surface area contributed by atoms with Crippen LogP contribution in [0.25, 0.3) is 0 Å². The van der Waals surface area contributed by atoms with E-state index in [9.17, 15) is 14.7 Å². The smallest absolute Gasteiger partial charge is 0.308 e. The summed E-state index contributed by atoms with van der Waals surface area (Å²) in [5, 5.41) is 12.6. The fourth-order valence-corrected chi connectivity index (χ4v) is 2.55. The molecule has 1 aliphatic heterocycles. The molecular formula is C15H28N2O3. The molecule has 20 heavy (non-hydrogen) atoms. The van der Waals surface area contributed by atoms with Gasteiger partial charge in [0.05, 0.1) is 5.92 Å². The number of carbonyl (C=O) groups is 2. The third kappa shape index (κ3) is 5.12. The summed E-state index contributed by atoms with van der Waals surface area (Å²) < 4.78 is 0. The Kier molecular flexibility index (Phi) is 6.46. The molecule has 2 N–H and O–H groups in total. The molecule has 0 spiro atoms. The first-order valence-electron chi connectivity index (χ1n) is 7.56. The van der Waals surface area contributed by atoms with Gasteiger partial charge < -0.3 is 15.3 Å². The Balaban J connectivity index is 2.61. The first kappa shape index (κ1) is 17.0. The van der Waals surface area contributed by atoms with Gasteiger partial charge in [0, 0.05) is 25.0 Å². The fraction of sp³-hybridized carbons (Fsp3) is 0.867. The number of piperidine rings is 1. The highest BCUT2D eigenvalue weighted by Gasteiger charge is 2.34. The minimum atomic E-state index is -0.804. The highest BCUT2D eigenvalue weighted by molar-refractivity contribution is 5.79. The minimum absolute atomic E-state index is 0.0478. The molecular weight excluding hydrogens is 256 g/mol. The lowest BCUT2D eigenvalue weighted by Gasteiger charge is -2.37. The molecule has 0 aromatic carbocycles. The van der Waals surface area contributed by atoms with Crippen molar-refractivity contribution in [3.8, 4) is 0 Å². The van der Waals surface area contributed by atoms with Crippen LogP contribution in [0.2, 0.25) is 0 Å². The fourth-order valence-electron chi connectivity index (χ4n) is 2.55. The minimum Gasteiger partial charge on any atom is -0.481 e. The number of hydrogen-bond donors (Lipinski definition) is 2. The zero-order chi connectivity index (χ0) is 15.3. The van der Waals surface area contributed by atoms with E-state index in [0.29, 0.717) is 25.4 Å². The number of likely N-dealkylation sites (tertiary alicyclic amines) is 1. The zero-order valence-corrected chi connectivity index (χ0v) is 13.1. The molecule has 1 fully saturated rings. The summed E-state index contributed by atoms with van der Waals surface area (Å²) in [7, 11) is 0.